The molecule has 2 N–H and O–H groups in total. The molecule has 5 heteroatoms. The SMILES string of the molecule is N#Cc1ccc(NCCSCCCO)cc1F. The van der Waals surface area contributed by atoms with Crippen LogP contribution in [0, 0.1) is 17.1 Å². The maximum atomic E-state index is 13.2. The maximum absolute atomic E-state index is 13.2. The lowest BCUT2D eigenvalue weighted by molar-refractivity contribution is 0.296. The van der Waals surface area contributed by atoms with Crippen molar-refractivity contribution in [3.8, 4) is 6.07 Å². The summed E-state index contributed by atoms with van der Waals surface area (Å²) in [6.07, 6.45) is 0.802. The van der Waals surface area contributed by atoms with Gasteiger partial charge in [0.1, 0.15) is 11.9 Å². The molecule has 0 amide bonds. The van der Waals surface area contributed by atoms with Crippen LogP contribution in [-0.4, -0.2) is 29.8 Å². The first-order chi connectivity index (χ1) is 8.27. The number of hydrogen-bond acceptors (Lipinski definition) is 4. The van der Waals surface area contributed by atoms with Gasteiger partial charge in [-0.25, -0.2) is 4.39 Å². The number of nitrogens with zero attached hydrogens (tertiary/aromatic N) is 1. The van der Waals surface area contributed by atoms with E-state index in [2.05, 4.69) is 5.32 Å². The third kappa shape index (κ3) is 5.07. The molecule has 0 fully saturated rings. The number of aliphatic hydroxyl groups excluding tert-OH is 1. The summed E-state index contributed by atoms with van der Waals surface area (Å²) < 4.78 is 13.2. The van der Waals surface area contributed by atoms with Crippen molar-refractivity contribution >= 4 is 17.4 Å². The number of aliphatic hydroxyl groups is 1. The summed E-state index contributed by atoms with van der Waals surface area (Å²) in [7, 11) is 0. The second kappa shape index (κ2) is 7.93. The summed E-state index contributed by atoms with van der Waals surface area (Å²) in [6.45, 7) is 0.961. The Morgan fingerprint density at radius 2 is 2.24 bits per heavy atom. The van der Waals surface area contributed by atoms with Crippen molar-refractivity contribution in [2.24, 2.45) is 0 Å². The molecule has 0 aliphatic carbocycles. The minimum Gasteiger partial charge on any atom is -0.396 e. The average molecular weight is 254 g/mol. The third-order valence-corrected chi connectivity index (χ3v) is 3.18. The highest BCUT2D eigenvalue weighted by molar-refractivity contribution is 7.99. The molecule has 0 spiro atoms. The molecule has 0 saturated carbocycles. The Hall–Kier alpha value is -1.25. The van der Waals surface area contributed by atoms with Gasteiger partial charge in [0.15, 0.2) is 0 Å². The van der Waals surface area contributed by atoms with Crippen LogP contribution in [0.25, 0.3) is 0 Å². The van der Waals surface area contributed by atoms with Gasteiger partial charge in [-0.2, -0.15) is 17.0 Å². The molecule has 0 atom stereocenters. The first kappa shape index (κ1) is 13.8. The third-order valence-electron chi connectivity index (χ3n) is 2.11. The van der Waals surface area contributed by atoms with E-state index >= 15 is 0 Å². The van der Waals surface area contributed by atoms with E-state index in [9.17, 15) is 4.39 Å². The number of rotatable bonds is 7. The minimum atomic E-state index is -0.495. The van der Waals surface area contributed by atoms with Crippen LogP contribution in [0.15, 0.2) is 18.2 Å². The summed E-state index contributed by atoms with van der Waals surface area (Å²) in [6, 6.07) is 6.28. The van der Waals surface area contributed by atoms with Crippen LogP contribution in [0.5, 0.6) is 0 Å². The number of benzene rings is 1. The summed E-state index contributed by atoms with van der Waals surface area (Å²) in [4.78, 5) is 0. The van der Waals surface area contributed by atoms with Gasteiger partial charge in [0.05, 0.1) is 5.56 Å². The normalized spacial score (nSPS) is 9.94. The highest BCUT2D eigenvalue weighted by Gasteiger charge is 2.01. The smallest absolute Gasteiger partial charge is 0.143 e. The zero-order valence-electron chi connectivity index (χ0n) is 9.45. The topological polar surface area (TPSA) is 56.0 Å². The van der Waals surface area contributed by atoms with Gasteiger partial charge in [-0.3, -0.25) is 0 Å². The predicted molar refractivity (Wildman–Crippen MR) is 68.6 cm³/mol. The quantitative estimate of drug-likeness (QED) is 0.733. The number of halogens is 1. The van der Waals surface area contributed by atoms with Gasteiger partial charge in [0, 0.05) is 24.6 Å². The Kier molecular flexibility index (Phi) is 6.45. The summed E-state index contributed by atoms with van der Waals surface area (Å²) >= 11 is 1.74. The van der Waals surface area contributed by atoms with Gasteiger partial charge < -0.3 is 10.4 Å². The summed E-state index contributed by atoms with van der Waals surface area (Å²) in [5.41, 5.74) is 0.747. The molecule has 17 heavy (non-hydrogen) atoms. The largest absolute Gasteiger partial charge is 0.396 e. The zero-order valence-corrected chi connectivity index (χ0v) is 10.3. The molecule has 3 nitrogen and oxygen atoms in total. The lowest BCUT2D eigenvalue weighted by Gasteiger charge is -2.06. The molecule has 0 bridgehead atoms. The number of anilines is 1. The molecule has 0 aromatic heterocycles. The molecule has 0 heterocycles. The highest BCUT2D eigenvalue weighted by Crippen LogP contribution is 2.13. The van der Waals surface area contributed by atoms with Crippen molar-refractivity contribution in [2.75, 3.05) is 30.0 Å². The van der Waals surface area contributed by atoms with Crippen molar-refractivity contribution < 1.29 is 9.50 Å². The van der Waals surface area contributed by atoms with E-state index in [1.54, 1.807) is 23.9 Å². The van der Waals surface area contributed by atoms with E-state index in [-0.39, 0.29) is 12.2 Å². The van der Waals surface area contributed by atoms with Gasteiger partial charge in [0.25, 0.3) is 0 Å². The van der Waals surface area contributed by atoms with Crippen LogP contribution in [0.4, 0.5) is 10.1 Å². The molecular formula is C12H15FN2OS. The predicted octanol–water partition coefficient (Wildman–Crippen LogP) is 2.22. The fourth-order valence-electron chi connectivity index (χ4n) is 1.25. The first-order valence-corrected chi connectivity index (χ1v) is 6.55. The van der Waals surface area contributed by atoms with Crippen molar-refractivity contribution in [1.29, 1.82) is 5.26 Å². The van der Waals surface area contributed by atoms with Crippen molar-refractivity contribution in [3.63, 3.8) is 0 Å². The van der Waals surface area contributed by atoms with Gasteiger partial charge in [-0.05, 0) is 30.4 Å². The van der Waals surface area contributed by atoms with E-state index < -0.39 is 5.82 Å². The number of thioether (sulfide) groups is 1. The molecular weight excluding hydrogens is 239 g/mol. The van der Waals surface area contributed by atoms with E-state index in [4.69, 9.17) is 10.4 Å². The van der Waals surface area contributed by atoms with Gasteiger partial charge in [-0.1, -0.05) is 0 Å². The lowest BCUT2D eigenvalue weighted by Crippen LogP contribution is -2.05. The van der Waals surface area contributed by atoms with E-state index in [1.165, 1.54) is 12.1 Å². The van der Waals surface area contributed by atoms with Gasteiger partial charge in [-0.15, -0.1) is 0 Å². The highest BCUT2D eigenvalue weighted by atomic mass is 32.2. The Labute approximate surface area is 105 Å². The van der Waals surface area contributed by atoms with Crippen molar-refractivity contribution in [2.45, 2.75) is 6.42 Å². The van der Waals surface area contributed by atoms with Crippen molar-refractivity contribution in [1.82, 2.24) is 0 Å². The molecule has 92 valence electrons. The van der Waals surface area contributed by atoms with Crippen LogP contribution in [-0.2, 0) is 0 Å². The fourth-order valence-corrected chi connectivity index (χ4v) is 2.04. The Morgan fingerprint density at radius 1 is 1.41 bits per heavy atom. The van der Waals surface area contributed by atoms with E-state index in [0.29, 0.717) is 5.69 Å². The fraction of sp³-hybridized carbons (Fsp3) is 0.417. The molecule has 1 aromatic carbocycles. The molecule has 1 rings (SSSR count). The second-order valence-corrected chi connectivity index (χ2v) is 4.65. The maximum Gasteiger partial charge on any atom is 0.143 e. The number of nitrogens with one attached hydrogen (secondary N) is 1. The van der Waals surface area contributed by atoms with Gasteiger partial charge >= 0.3 is 0 Å². The standard InChI is InChI=1S/C12H15FN2OS/c13-12-8-11(3-2-10(12)9-14)15-4-7-17-6-1-5-16/h2-3,8,15-16H,1,4-7H2. The second-order valence-electron chi connectivity index (χ2n) is 3.42. The molecule has 0 unspecified atom stereocenters. The molecule has 0 radical (unpaired) electrons. The van der Waals surface area contributed by atoms with Crippen LogP contribution < -0.4 is 5.32 Å². The molecule has 0 aliphatic heterocycles. The average Bonchev–Trinajstić information content (AvgIpc) is 2.34. The molecule has 1 aromatic rings. The van der Waals surface area contributed by atoms with Gasteiger partial charge in [0.2, 0.25) is 0 Å². The summed E-state index contributed by atoms with van der Waals surface area (Å²) in [5.74, 6) is 1.34. The van der Waals surface area contributed by atoms with E-state index in [1.807, 2.05) is 0 Å². The Bertz CT molecular complexity index is 393. The molecule has 0 aliphatic rings. The van der Waals surface area contributed by atoms with Crippen LogP contribution in [0.1, 0.15) is 12.0 Å². The first-order valence-electron chi connectivity index (χ1n) is 5.40. The van der Waals surface area contributed by atoms with Crippen LogP contribution in [0.3, 0.4) is 0 Å². The number of hydrogen-bond donors (Lipinski definition) is 2. The van der Waals surface area contributed by atoms with E-state index in [0.717, 1.165) is 24.5 Å². The van der Waals surface area contributed by atoms with Crippen molar-refractivity contribution in [3.05, 3.63) is 29.6 Å². The Morgan fingerprint density at radius 3 is 2.88 bits per heavy atom. The summed E-state index contributed by atoms with van der Waals surface area (Å²) in [5, 5.41) is 20.2. The Balaban J connectivity index is 2.28. The monoisotopic (exact) mass is 254 g/mol. The number of nitriles is 1. The minimum absolute atomic E-state index is 0.0628. The lowest BCUT2D eigenvalue weighted by atomic mass is 10.2. The zero-order chi connectivity index (χ0) is 12.5. The molecule has 0 saturated heterocycles. The van der Waals surface area contributed by atoms with Crippen LogP contribution in [0.2, 0.25) is 0 Å². The van der Waals surface area contributed by atoms with Crippen LogP contribution >= 0.6 is 11.8 Å².